The second-order valence-electron chi connectivity index (χ2n) is 4.78. The summed E-state index contributed by atoms with van der Waals surface area (Å²) in [5.74, 6) is -0.400. The number of carbonyl (C=O) groups excluding carboxylic acids is 1. The Hall–Kier alpha value is -1.69. The molecule has 2 rings (SSSR count). The smallest absolute Gasteiger partial charge is 0.303 e. The van der Waals surface area contributed by atoms with Gasteiger partial charge in [-0.3, -0.25) is 4.79 Å². The van der Waals surface area contributed by atoms with Gasteiger partial charge in [-0.15, -0.1) is 0 Å². The molecule has 112 valence electrons. The molecule has 0 aliphatic carbocycles. The first-order chi connectivity index (χ1) is 10.1. The van der Waals surface area contributed by atoms with Crippen molar-refractivity contribution in [3.05, 3.63) is 40.8 Å². The van der Waals surface area contributed by atoms with Crippen LogP contribution in [0.5, 0.6) is 0 Å². The molecule has 0 radical (unpaired) electrons. The van der Waals surface area contributed by atoms with Crippen molar-refractivity contribution in [1.82, 2.24) is 0 Å². The number of thioether (sulfide) groups is 1. The molecule has 0 saturated carbocycles. The number of carbonyl (C=O) groups is 1. The summed E-state index contributed by atoms with van der Waals surface area (Å²) in [4.78, 5) is 15.1. The van der Waals surface area contributed by atoms with Gasteiger partial charge in [0.15, 0.2) is 0 Å². The lowest BCUT2D eigenvalue weighted by Gasteiger charge is -2.37. The van der Waals surface area contributed by atoms with E-state index in [4.69, 9.17) is 15.0 Å². The van der Waals surface area contributed by atoms with Gasteiger partial charge in [-0.2, -0.15) is 0 Å². The molecule has 21 heavy (non-hydrogen) atoms. The van der Waals surface area contributed by atoms with Crippen molar-refractivity contribution >= 4 is 17.7 Å². The summed E-state index contributed by atoms with van der Waals surface area (Å²) in [6.07, 6.45) is -0.350. The maximum absolute atomic E-state index is 11.2. The van der Waals surface area contributed by atoms with Crippen LogP contribution in [0.2, 0.25) is 0 Å². The van der Waals surface area contributed by atoms with Crippen LogP contribution < -0.4 is 0 Å². The molecule has 0 unspecified atom stereocenters. The Kier molecular flexibility index (Phi) is 5.50. The van der Waals surface area contributed by atoms with Gasteiger partial charge in [-0.1, -0.05) is 35.1 Å². The minimum Gasteiger partial charge on any atom is -0.459 e. The SMILES string of the molecule is CC(=O)O[C@@H]1[C@@H](N=[N+]=[N-])C[C@H](Sc2ccccc2)O[C@H]1C. The predicted octanol–water partition coefficient (Wildman–Crippen LogP) is 3.52. The highest BCUT2D eigenvalue weighted by Gasteiger charge is 2.38. The van der Waals surface area contributed by atoms with Crippen LogP contribution in [0, 0.1) is 0 Å². The average molecular weight is 307 g/mol. The molecule has 0 amide bonds. The summed E-state index contributed by atoms with van der Waals surface area (Å²) in [7, 11) is 0. The minimum absolute atomic E-state index is 0.135. The Morgan fingerprint density at radius 1 is 1.48 bits per heavy atom. The van der Waals surface area contributed by atoms with Gasteiger partial charge in [-0.05, 0) is 31.0 Å². The Morgan fingerprint density at radius 3 is 2.81 bits per heavy atom. The Bertz CT molecular complexity index is 534. The van der Waals surface area contributed by atoms with E-state index >= 15 is 0 Å². The fraction of sp³-hybridized carbons (Fsp3) is 0.500. The standard InChI is InChI=1S/C14H17N3O3S/c1-9-14(20-10(2)18)12(16-17-15)8-13(19-9)21-11-6-4-3-5-7-11/h3-7,9,12-14H,8H2,1-2H3/t9-,12-,13-,14-/m0/s1. The highest BCUT2D eigenvalue weighted by atomic mass is 32.2. The van der Waals surface area contributed by atoms with E-state index in [0.29, 0.717) is 6.42 Å². The molecule has 0 aromatic heterocycles. The molecule has 6 nitrogen and oxygen atoms in total. The molecule has 0 bridgehead atoms. The van der Waals surface area contributed by atoms with Crippen molar-refractivity contribution in [2.75, 3.05) is 0 Å². The highest BCUT2D eigenvalue weighted by Crippen LogP contribution is 2.34. The van der Waals surface area contributed by atoms with Crippen LogP contribution in [0.1, 0.15) is 20.3 Å². The fourth-order valence-corrected chi connectivity index (χ4v) is 3.43. The molecular formula is C14H17N3O3S. The van der Waals surface area contributed by atoms with E-state index in [1.54, 1.807) is 11.8 Å². The van der Waals surface area contributed by atoms with Crippen LogP contribution in [0.3, 0.4) is 0 Å². The first-order valence-electron chi connectivity index (χ1n) is 6.68. The van der Waals surface area contributed by atoms with Gasteiger partial charge in [-0.25, -0.2) is 0 Å². The van der Waals surface area contributed by atoms with Gasteiger partial charge in [0.05, 0.1) is 12.1 Å². The summed E-state index contributed by atoms with van der Waals surface area (Å²) in [5.41, 5.74) is 8.57. The molecule has 0 N–H and O–H groups in total. The van der Waals surface area contributed by atoms with Crippen LogP contribution in [0.25, 0.3) is 10.4 Å². The third kappa shape index (κ3) is 4.39. The highest BCUT2D eigenvalue weighted by molar-refractivity contribution is 7.99. The van der Waals surface area contributed by atoms with E-state index in [1.165, 1.54) is 6.92 Å². The lowest BCUT2D eigenvalue weighted by atomic mass is 10.0. The number of hydrogen-bond acceptors (Lipinski definition) is 5. The van der Waals surface area contributed by atoms with Gasteiger partial charge in [0.25, 0.3) is 0 Å². The van der Waals surface area contributed by atoms with Crippen LogP contribution in [-0.4, -0.2) is 29.7 Å². The zero-order valence-electron chi connectivity index (χ0n) is 11.9. The number of hydrogen-bond donors (Lipinski definition) is 0. The second-order valence-corrected chi connectivity index (χ2v) is 6.02. The molecule has 1 fully saturated rings. The van der Waals surface area contributed by atoms with Gasteiger partial charge in [0, 0.05) is 16.7 Å². The monoisotopic (exact) mass is 307 g/mol. The maximum Gasteiger partial charge on any atom is 0.303 e. The number of ether oxygens (including phenoxy) is 2. The van der Waals surface area contributed by atoms with Gasteiger partial charge in [0.1, 0.15) is 11.5 Å². The number of rotatable bonds is 4. The van der Waals surface area contributed by atoms with Crippen molar-refractivity contribution in [2.24, 2.45) is 5.11 Å². The molecule has 1 saturated heterocycles. The van der Waals surface area contributed by atoms with E-state index in [1.807, 2.05) is 37.3 Å². The Labute approximate surface area is 127 Å². The maximum atomic E-state index is 11.2. The number of nitrogens with zero attached hydrogens (tertiary/aromatic N) is 3. The second kappa shape index (κ2) is 7.36. The Balaban J connectivity index is 2.08. The average Bonchev–Trinajstić information content (AvgIpc) is 2.44. The molecule has 1 aliphatic heterocycles. The van der Waals surface area contributed by atoms with E-state index in [-0.39, 0.29) is 11.5 Å². The summed E-state index contributed by atoms with van der Waals surface area (Å²) in [5, 5.41) is 3.77. The lowest BCUT2D eigenvalue weighted by Crippen LogP contribution is -2.47. The van der Waals surface area contributed by atoms with Crippen LogP contribution in [-0.2, 0) is 14.3 Å². The van der Waals surface area contributed by atoms with E-state index in [0.717, 1.165) is 4.90 Å². The zero-order chi connectivity index (χ0) is 15.2. The van der Waals surface area contributed by atoms with Crippen molar-refractivity contribution < 1.29 is 14.3 Å². The molecule has 4 atom stereocenters. The summed E-state index contributed by atoms with van der Waals surface area (Å²) in [6, 6.07) is 9.46. The predicted molar refractivity (Wildman–Crippen MR) is 79.7 cm³/mol. The summed E-state index contributed by atoms with van der Waals surface area (Å²) in [6.45, 7) is 3.16. The third-order valence-electron chi connectivity index (χ3n) is 3.15. The molecule has 1 aliphatic rings. The van der Waals surface area contributed by atoms with E-state index < -0.39 is 18.1 Å². The topological polar surface area (TPSA) is 84.3 Å². The number of esters is 1. The molecule has 7 heteroatoms. The van der Waals surface area contributed by atoms with Gasteiger partial charge >= 0.3 is 5.97 Å². The largest absolute Gasteiger partial charge is 0.459 e. The first kappa shape index (κ1) is 15.7. The number of benzene rings is 1. The molecule has 1 heterocycles. The molecular weight excluding hydrogens is 290 g/mol. The Morgan fingerprint density at radius 2 is 2.19 bits per heavy atom. The summed E-state index contributed by atoms with van der Waals surface area (Å²) >= 11 is 1.57. The normalized spacial score (nSPS) is 28.5. The van der Waals surface area contributed by atoms with Gasteiger partial charge < -0.3 is 9.47 Å². The quantitative estimate of drug-likeness (QED) is 0.368. The molecule has 1 aromatic rings. The van der Waals surface area contributed by atoms with Crippen LogP contribution >= 0.6 is 11.8 Å². The first-order valence-corrected chi connectivity index (χ1v) is 7.56. The lowest BCUT2D eigenvalue weighted by molar-refractivity contribution is -0.163. The van der Waals surface area contributed by atoms with Gasteiger partial charge in [0.2, 0.25) is 0 Å². The molecule has 1 aromatic carbocycles. The fourth-order valence-electron chi connectivity index (χ4n) is 2.29. The van der Waals surface area contributed by atoms with Crippen molar-refractivity contribution in [2.45, 2.75) is 48.8 Å². The van der Waals surface area contributed by atoms with Crippen LogP contribution in [0.15, 0.2) is 40.3 Å². The van der Waals surface area contributed by atoms with Crippen molar-refractivity contribution in [3.63, 3.8) is 0 Å². The molecule has 0 spiro atoms. The van der Waals surface area contributed by atoms with E-state index in [9.17, 15) is 4.79 Å². The number of azide groups is 1. The third-order valence-corrected chi connectivity index (χ3v) is 4.27. The minimum atomic E-state index is -0.536. The van der Waals surface area contributed by atoms with Crippen molar-refractivity contribution in [1.29, 1.82) is 0 Å². The zero-order valence-corrected chi connectivity index (χ0v) is 12.7. The van der Waals surface area contributed by atoms with Crippen LogP contribution in [0.4, 0.5) is 0 Å². The van der Waals surface area contributed by atoms with Crippen molar-refractivity contribution in [3.8, 4) is 0 Å². The van der Waals surface area contributed by atoms with E-state index in [2.05, 4.69) is 10.0 Å². The summed E-state index contributed by atoms with van der Waals surface area (Å²) < 4.78 is 11.1.